The number of rotatable bonds is 4. The van der Waals surface area contributed by atoms with Crippen molar-refractivity contribution in [2.45, 2.75) is 11.8 Å². The van der Waals surface area contributed by atoms with Crippen LogP contribution in [0.1, 0.15) is 5.56 Å². The zero-order chi connectivity index (χ0) is 15.6. The number of anilines is 2. The van der Waals surface area contributed by atoms with Gasteiger partial charge in [-0.05, 0) is 42.8 Å². The Bertz CT molecular complexity index is 773. The van der Waals surface area contributed by atoms with Crippen molar-refractivity contribution in [2.75, 3.05) is 17.6 Å². The van der Waals surface area contributed by atoms with Gasteiger partial charge < -0.3 is 15.6 Å². The Balaban J connectivity index is 2.39. The van der Waals surface area contributed by atoms with Crippen molar-refractivity contribution in [3.05, 3.63) is 42.0 Å². The number of phenolic OH excluding ortho intramolecular Hbond substituents is 1. The summed E-state index contributed by atoms with van der Waals surface area (Å²) >= 11 is 0. The van der Waals surface area contributed by atoms with Crippen molar-refractivity contribution < 1.29 is 18.3 Å². The van der Waals surface area contributed by atoms with E-state index in [0.29, 0.717) is 11.4 Å². The van der Waals surface area contributed by atoms with Crippen LogP contribution in [0.3, 0.4) is 0 Å². The summed E-state index contributed by atoms with van der Waals surface area (Å²) in [6.45, 7) is 1.88. The Morgan fingerprint density at radius 3 is 2.52 bits per heavy atom. The highest BCUT2D eigenvalue weighted by molar-refractivity contribution is 7.92. The van der Waals surface area contributed by atoms with Gasteiger partial charge in [-0.15, -0.1) is 0 Å². The van der Waals surface area contributed by atoms with Crippen LogP contribution in [0, 0.1) is 6.92 Å². The van der Waals surface area contributed by atoms with Crippen LogP contribution in [0.5, 0.6) is 11.5 Å². The molecule has 2 rings (SSSR count). The maximum atomic E-state index is 12.3. The predicted molar refractivity (Wildman–Crippen MR) is 81.1 cm³/mol. The maximum Gasteiger partial charge on any atom is 0.262 e. The first-order valence-electron chi connectivity index (χ1n) is 6.09. The number of methoxy groups -OCH3 is 1. The molecule has 0 amide bonds. The van der Waals surface area contributed by atoms with E-state index in [0.717, 1.165) is 5.56 Å². The molecule has 0 radical (unpaired) electrons. The summed E-state index contributed by atoms with van der Waals surface area (Å²) in [5, 5.41) is 9.35. The highest BCUT2D eigenvalue weighted by Crippen LogP contribution is 2.29. The first kappa shape index (κ1) is 15.0. The molecule has 0 aliphatic rings. The van der Waals surface area contributed by atoms with E-state index in [1.165, 1.54) is 25.3 Å². The molecule has 6 nitrogen and oxygen atoms in total. The molecule has 0 unspecified atom stereocenters. The molecule has 0 spiro atoms. The topological polar surface area (TPSA) is 102 Å². The number of benzene rings is 2. The van der Waals surface area contributed by atoms with Gasteiger partial charge in [0.25, 0.3) is 10.0 Å². The van der Waals surface area contributed by atoms with Crippen molar-refractivity contribution >= 4 is 21.4 Å². The number of hydrogen-bond donors (Lipinski definition) is 3. The second kappa shape index (κ2) is 5.53. The lowest BCUT2D eigenvalue weighted by atomic mass is 10.2. The van der Waals surface area contributed by atoms with Gasteiger partial charge in [0.15, 0.2) is 0 Å². The molecule has 0 fully saturated rings. The second-order valence-electron chi connectivity index (χ2n) is 4.53. The number of aromatic hydroxyl groups is 1. The minimum atomic E-state index is -3.82. The number of phenols is 1. The minimum absolute atomic E-state index is 0.00579. The molecular formula is C14H16N2O4S. The molecule has 0 aliphatic carbocycles. The Labute approximate surface area is 123 Å². The predicted octanol–water partition coefficient (Wildman–Crippen LogP) is 2.09. The summed E-state index contributed by atoms with van der Waals surface area (Å²) in [7, 11) is -2.36. The van der Waals surface area contributed by atoms with Crippen LogP contribution in [0.2, 0.25) is 0 Å². The van der Waals surface area contributed by atoms with Gasteiger partial charge >= 0.3 is 0 Å². The molecule has 0 heterocycles. The van der Waals surface area contributed by atoms with E-state index < -0.39 is 10.0 Å². The van der Waals surface area contributed by atoms with Crippen LogP contribution in [0.15, 0.2) is 41.3 Å². The SMILES string of the molecule is COc1cc(C)ccc1NS(=O)(=O)c1ccc(O)c(N)c1. The average Bonchev–Trinajstić information content (AvgIpc) is 2.43. The zero-order valence-corrected chi connectivity index (χ0v) is 12.4. The lowest BCUT2D eigenvalue weighted by Crippen LogP contribution is -2.14. The number of hydrogen-bond acceptors (Lipinski definition) is 5. The number of nitrogens with two attached hydrogens (primary N) is 1. The van der Waals surface area contributed by atoms with Crippen LogP contribution in [0.25, 0.3) is 0 Å². The number of ether oxygens (including phenoxy) is 1. The van der Waals surface area contributed by atoms with Gasteiger partial charge in [0.1, 0.15) is 11.5 Å². The van der Waals surface area contributed by atoms with Crippen LogP contribution in [0.4, 0.5) is 11.4 Å². The van der Waals surface area contributed by atoms with E-state index in [1.807, 2.05) is 6.92 Å². The molecule has 0 saturated carbocycles. The molecule has 0 aliphatic heterocycles. The third-order valence-electron chi connectivity index (χ3n) is 2.91. The first-order valence-corrected chi connectivity index (χ1v) is 7.58. The molecule has 7 heteroatoms. The molecule has 0 atom stereocenters. The molecular weight excluding hydrogens is 292 g/mol. The zero-order valence-electron chi connectivity index (χ0n) is 11.6. The highest BCUT2D eigenvalue weighted by Gasteiger charge is 2.17. The third-order valence-corrected chi connectivity index (χ3v) is 4.27. The van der Waals surface area contributed by atoms with Gasteiger partial charge in [0, 0.05) is 0 Å². The fourth-order valence-electron chi connectivity index (χ4n) is 1.79. The standard InChI is InChI=1S/C14H16N2O4S/c1-9-3-5-12(14(7-9)20-2)16-21(18,19)10-4-6-13(17)11(15)8-10/h3-8,16-17H,15H2,1-2H3. The molecule has 2 aromatic carbocycles. The van der Waals surface area contributed by atoms with E-state index in [-0.39, 0.29) is 16.3 Å². The molecule has 21 heavy (non-hydrogen) atoms. The summed E-state index contributed by atoms with van der Waals surface area (Å²) in [6, 6.07) is 8.81. The van der Waals surface area contributed by atoms with Crippen molar-refractivity contribution in [2.24, 2.45) is 0 Å². The van der Waals surface area contributed by atoms with Crippen LogP contribution >= 0.6 is 0 Å². The van der Waals surface area contributed by atoms with E-state index in [4.69, 9.17) is 10.5 Å². The normalized spacial score (nSPS) is 11.1. The number of nitrogens with one attached hydrogen (secondary N) is 1. The third kappa shape index (κ3) is 3.19. The van der Waals surface area contributed by atoms with Crippen molar-refractivity contribution in [1.82, 2.24) is 0 Å². The fraction of sp³-hybridized carbons (Fsp3) is 0.143. The van der Waals surface area contributed by atoms with Gasteiger partial charge in [0.2, 0.25) is 0 Å². The largest absolute Gasteiger partial charge is 0.506 e. The smallest absolute Gasteiger partial charge is 0.262 e. The Morgan fingerprint density at radius 2 is 1.90 bits per heavy atom. The quantitative estimate of drug-likeness (QED) is 0.593. The van der Waals surface area contributed by atoms with Gasteiger partial charge in [-0.2, -0.15) is 0 Å². The summed E-state index contributed by atoms with van der Waals surface area (Å²) in [6.07, 6.45) is 0. The van der Waals surface area contributed by atoms with E-state index in [9.17, 15) is 13.5 Å². The van der Waals surface area contributed by atoms with E-state index in [2.05, 4.69) is 4.72 Å². The van der Waals surface area contributed by atoms with Crippen molar-refractivity contribution in [1.29, 1.82) is 0 Å². The lowest BCUT2D eigenvalue weighted by molar-refractivity contribution is 0.416. The van der Waals surface area contributed by atoms with E-state index >= 15 is 0 Å². The van der Waals surface area contributed by atoms with Crippen LogP contribution in [-0.4, -0.2) is 20.6 Å². The Morgan fingerprint density at radius 1 is 1.19 bits per heavy atom. The van der Waals surface area contributed by atoms with Gasteiger partial charge in [-0.3, -0.25) is 4.72 Å². The average molecular weight is 308 g/mol. The molecule has 4 N–H and O–H groups in total. The van der Waals surface area contributed by atoms with Crippen LogP contribution < -0.4 is 15.2 Å². The molecule has 0 aromatic heterocycles. The summed E-state index contributed by atoms with van der Waals surface area (Å²) in [4.78, 5) is -0.0413. The van der Waals surface area contributed by atoms with Gasteiger partial charge in [0.05, 0.1) is 23.4 Å². The number of nitrogen functional groups attached to an aromatic ring is 1. The fourth-order valence-corrected chi connectivity index (χ4v) is 2.89. The summed E-state index contributed by atoms with van der Waals surface area (Å²) < 4.78 is 32.2. The second-order valence-corrected chi connectivity index (χ2v) is 6.21. The number of sulfonamides is 1. The molecule has 2 aromatic rings. The molecule has 112 valence electrons. The highest BCUT2D eigenvalue weighted by atomic mass is 32.2. The summed E-state index contributed by atoms with van der Waals surface area (Å²) in [5.74, 6) is 0.257. The number of aryl methyl sites for hydroxylation is 1. The molecule has 0 bridgehead atoms. The minimum Gasteiger partial charge on any atom is -0.506 e. The maximum absolute atomic E-state index is 12.3. The van der Waals surface area contributed by atoms with Crippen molar-refractivity contribution in [3.8, 4) is 11.5 Å². The first-order chi connectivity index (χ1) is 9.83. The van der Waals surface area contributed by atoms with Gasteiger partial charge in [-0.25, -0.2) is 8.42 Å². The van der Waals surface area contributed by atoms with Gasteiger partial charge in [-0.1, -0.05) is 6.07 Å². The van der Waals surface area contributed by atoms with Crippen molar-refractivity contribution in [3.63, 3.8) is 0 Å². The van der Waals surface area contributed by atoms with E-state index in [1.54, 1.807) is 18.2 Å². The lowest BCUT2D eigenvalue weighted by Gasteiger charge is -2.13. The Kier molecular flexibility index (Phi) is 3.95. The van der Waals surface area contributed by atoms with Crippen LogP contribution in [-0.2, 0) is 10.0 Å². The molecule has 0 saturated heterocycles. The monoisotopic (exact) mass is 308 g/mol. The Hall–Kier alpha value is -2.41. The summed E-state index contributed by atoms with van der Waals surface area (Å²) in [5.41, 5.74) is 6.79.